The van der Waals surface area contributed by atoms with Crippen molar-refractivity contribution in [2.24, 2.45) is 5.41 Å². The van der Waals surface area contributed by atoms with Crippen molar-refractivity contribution in [3.05, 3.63) is 29.3 Å². The molecule has 1 aliphatic carbocycles. The van der Waals surface area contributed by atoms with Crippen LogP contribution in [0.5, 0.6) is 0 Å². The SMILES string of the molecule is CN1C(=O)CCc2cc(CC3(CO)CC3)ccc21. The summed E-state index contributed by atoms with van der Waals surface area (Å²) in [7, 11) is 1.84. The number of amides is 1. The zero-order valence-corrected chi connectivity index (χ0v) is 10.8. The molecule has 0 unspecified atom stereocenters. The van der Waals surface area contributed by atoms with Crippen LogP contribution in [0.15, 0.2) is 18.2 Å². The molecule has 0 spiro atoms. The van der Waals surface area contributed by atoms with Crippen LogP contribution in [0.2, 0.25) is 0 Å². The highest BCUT2D eigenvalue weighted by Gasteiger charge is 2.41. The summed E-state index contributed by atoms with van der Waals surface area (Å²) in [5.74, 6) is 0.198. The summed E-state index contributed by atoms with van der Waals surface area (Å²) in [5, 5.41) is 9.38. The van der Waals surface area contributed by atoms with Crippen molar-refractivity contribution in [2.45, 2.75) is 32.1 Å². The van der Waals surface area contributed by atoms with Gasteiger partial charge >= 0.3 is 0 Å². The quantitative estimate of drug-likeness (QED) is 0.883. The van der Waals surface area contributed by atoms with Gasteiger partial charge in [-0.05, 0) is 48.3 Å². The Morgan fingerprint density at radius 2 is 2.11 bits per heavy atom. The standard InChI is InChI=1S/C15H19NO2/c1-16-13-4-2-11(9-15(10-17)6-7-15)8-12(13)3-5-14(16)18/h2,4,8,17H,3,5-7,9-10H2,1H3. The lowest BCUT2D eigenvalue weighted by molar-refractivity contribution is -0.118. The van der Waals surface area contributed by atoms with Gasteiger partial charge in [-0.15, -0.1) is 0 Å². The van der Waals surface area contributed by atoms with E-state index in [0.29, 0.717) is 13.0 Å². The van der Waals surface area contributed by atoms with E-state index >= 15 is 0 Å². The van der Waals surface area contributed by atoms with Crippen LogP contribution in [0.4, 0.5) is 5.69 Å². The second-order valence-electron chi connectivity index (χ2n) is 5.75. The third-order valence-electron chi connectivity index (χ3n) is 4.36. The van der Waals surface area contributed by atoms with E-state index in [-0.39, 0.29) is 11.3 Å². The van der Waals surface area contributed by atoms with Gasteiger partial charge in [-0.2, -0.15) is 0 Å². The number of carbonyl (C=O) groups is 1. The minimum atomic E-state index is 0.157. The fourth-order valence-corrected chi connectivity index (χ4v) is 2.82. The Morgan fingerprint density at radius 1 is 1.33 bits per heavy atom. The van der Waals surface area contributed by atoms with Crippen molar-refractivity contribution in [2.75, 3.05) is 18.6 Å². The maximum atomic E-state index is 11.6. The number of aryl methyl sites for hydroxylation is 1. The van der Waals surface area contributed by atoms with Crippen molar-refractivity contribution in [1.82, 2.24) is 0 Å². The zero-order chi connectivity index (χ0) is 12.8. The molecule has 1 heterocycles. The fourth-order valence-electron chi connectivity index (χ4n) is 2.82. The molecule has 0 radical (unpaired) electrons. The summed E-state index contributed by atoms with van der Waals surface area (Å²) in [6.45, 7) is 0.294. The first kappa shape index (κ1) is 11.7. The van der Waals surface area contributed by atoms with Gasteiger partial charge in [0.1, 0.15) is 0 Å². The smallest absolute Gasteiger partial charge is 0.227 e. The molecular weight excluding hydrogens is 226 g/mol. The first-order valence-corrected chi connectivity index (χ1v) is 6.63. The predicted molar refractivity (Wildman–Crippen MR) is 70.6 cm³/mol. The molecule has 1 aliphatic heterocycles. The van der Waals surface area contributed by atoms with Crippen LogP contribution >= 0.6 is 0 Å². The topological polar surface area (TPSA) is 40.5 Å². The number of nitrogens with zero attached hydrogens (tertiary/aromatic N) is 1. The molecule has 1 fully saturated rings. The number of benzene rings is 1. The van der Waals surface area contributed by atoms with Crippen LogP contribution in [0.3, 0.4) is 0 Å². The average molecular weight is 245 g/mol. The summed E-state index contributed by atoms with van der Waals surface area (Å²) >= 11 is 0. The lowest BCUT2D eigenvalue weighted by Gasteiger charge is -2.26. The first-order chi connectivity index (χ1) is 8.63. The van der Waals surface area contributed by atoms with Crippen LogP contribution in [-0.4, -0.2) is 24.7 Å². The molecule has 1 N–H and O–H groups in total. The second-order valence-corrected chi connectivity index (χ2v) is 5.75. The monoisotopic (exact) mass is 245 g/mol. The van der Waals surface area contributed by atoms with Crippen LogP contribution in [0, 0.1) is 5.41 Å². The maximum Gasteiger partial charge on any atom is 0.227 e. The van der Waals surface area contributed by atoms with Gasteiger partial charge in [-0.25, -0.2) is 0 Å². The van der Waals surface area contributed by atoms with Gasteiger partial charge in [-0.1, -0.05) is 12.1 Å². The third kappa shape index (κ3) is 1.93. The molecule has 0 saturated heterocycles. The molecule has 1 amide bonds. The molecule has 0 bridgehead atoms. The molecule has 3 nitrogen and oxygen atoms in total. The number of fused-ring (bicyclic) bond motifs is 1. The van der Waals surface area contributed by atoms with Crippen molar-refractivity contribution < 1.29 is 9.90 Å². The van der Waals surface area contributed by atoms with E-state index in [9.17, 15) is 9.90 Å². The molecular formula is C15H19NO2. The van der Waals surface area contributed by atoms with Gasteiger partial charge < -0.3 is 10.0 Å². The zero-order valence-electron chi connectivity index (χ0n) is 10.8. The lowest BCUT2D eigenvalue weighted by atomic mass is 9.93. The minimum Gasteiger partial charge on any atom is -0.396 e. The molecule has 0 aromatic heterocycles. The summed E-state index contributed by atoms with van der Waals surface area (Å²) in [6, 6.07) is 6.37. The van der Waals surface area contributed by atoms with Crippen LogP contribution in [-0.2, 0) is 17.6 Å². The van der Waals surface area contributed by atoms with Gasteiger partial charge in [0.25, 0.3) is 0 Å². The third-order valence-corrected chi connectivity index (χ3v) is 4.36. The Labute approximate surface area is 107 Å². The van der Waals surface area contributed by atoms with E-state index in [4.69, 9.17) is 0 Å². The van der Waals surface area contributed by atoms with Crippen molar-refractivity contribution >= 4 is 11.6 Å². The number of anilines is 1. The highest BCUT2D eigenvalue weighted by molar-refractivity contribution is 5.95. The molecule has 1 saturated carbocycles. The normalized spacial score (nSPS) is 20.8. The van der Waals surface area contributed by atoms with Gasteiger partial charge in [0.05, 0.1) is 0 Å². The van der Waals surface area contributed by atoms with E-state index in [1.54, 1.807) is 4.90 Å². The van der Waals surface area contributed by atoms with Crippen LogP contribution in [0.1, 0.15) is 30.4 Å². The molecule has 96 valence electrons. The number of rotatable bonds is 3. The summed E-state index contributed by atoms with van der Waals surface area (Å²) in [5.41, 5.74) is 3.76. The second kappa shape index (κ2) is 4.09. The average Bonchev–Trinajstić information content (AvgIpc) is 3.14. The minimum absolute atomic E-state index is 0.157. The highest BCUT2D eigenvalue weighted by Crippen LogP contribution is 2.48. The Balaban J connectivity index is 1.85. The van der Waals surface area contributed by atoms with E-state index in [1.165, 1.54) is 11.1 Å². The van der Waals surface area contributed by atoms with E-state index in [2.05, 4.69) is 18.2 Å². The highest BCUT2D eigenvalue weighted by atomic mass is 16.3. The van der Waals surface area contributed by atoms with Crippen molar-refractivity contribution in [3.8, 4) is 0 Å². The summed E-state index contributed by atoms with van der Waals surface area (Å²) < 4.78 is 0. The Bertz CT molecular complexity index is 491. The predicted octanol–water partition coefficient (Wildman–Crippen LogP) is 1.91. The molecule has 1 aromatic rings. The van der Waals surface area contributed by atoms with Gasteiger partial charge in [0.2, 0.25) is 5.91 Å². The van der Waals surface area contributed by atoms with Crippen LogP contribution < -0.4 is 4.90 Å². The van der Waals surface area contributed by atoms with Gasteiger partial charge in [0.15, 0.2) is 0 Å². The lowest BCUT2D eigenvalue weighted by Crippen LogP contribution is -2.31. The largest absolute Gasteiger partial charge is 0.396 e. The van der Waals surface area contributed by atoms with Crippen molar-refractivity contribution in [1.29, 1.82) is 0 Å². The van der Waals surface area contributed by atoms with Gasteiger partial charge in [-0.3, -0.25) is 4.79 Å². The molecule has 1 aromatic carbocycles. The molecule has 18 heavy (non-hydrogen) atoms. The molecule has 3 rings (SSSR count). The number of hydrogen-bond donors (Lipinski definition) is 1. The Hall–Kier alpha value is -1.35. The summed E-state index contributed by atoms with van der Waals surface area (Å²) in [4.78, 5) is 13.4. The maximum absolute atomic E-state index is 11.6. The number of aliphatic hydroxyl groups is 1. The molecule has 2 aliphatic rings. The fraction of sp³-hybridized carbons (Fsp3) is 0.533. The number of carbonyl (C=O) groups excluding carboxylic acids is 1. The Kier molecular flexibility index (Phi) is 2.67. The molecule has 3 heteroatoms. The number of hydrogen-bond acceptors (Lipinski definition) is 2. The van der Waals surface area contributed by atoms with E-state index in [0.717, 1.165) is 31.4 Å². The summed E-state index contributed by atoms with van der Waals surface area (Å²) in [6.07, 6.45) is 4.70. The van der Waals surface area contributed by atoms with Gasteiger partial charge in [0, 0.05) is 25.8 Å². The first-order valence-electron chi connectivity index (χ1n) is 6.63. The van der Waals surface area contributed by atoms with E-state index < -0.39 is 0 Å². The molecule has 0 atom stereocenters. The Morgan fingerprint density at radius 3 is 2.78 bits per heavy atom. The van der Waals surface area contributed by atoms with E-state index in [1.807, 2.05) is 7.05 Å². The number of aliphatic hydroxyl groups excluding tert-OH is 1. The van der Waals surface area contributed by atoms with Crippen molar-refractivity contribution in [3.63, 3.8) is 0 Å². The van der Waals surface area contributed by atoms with Crippen LogP contribution in [0.25, 0.3) is 0 Å².